The number of amides is 2. The van der Waals surface area contributed by atoms with E-state index in [0.717, 1.165) is 0 Å². The number of nitrogens with one attached hydrogen (secondary N) is 1. The molecule has 2 N–H and O–H groups in total. The quantitative estimate of drug-likeness (QED) is 0.667. The average molecular weight is 212 g/mol. The molecule has 0 atom stereocenters. The van der Waals surface area contributed by atoms with Crippen LogP contribution in [0, 0.1) is 12.3 Å². The van der Waals surface area contributed by atoms with Crippen LogP contribution in [0.3, 0.4) is 0 Å². The van der Waals surface area contributed by atoms with Gasteiger partial charge in [0.1, 0.15) is 0 Å². The van der Waals surface area contributed by atoms with E-state index in [0.29, 0.717) is 0 Å². The second kappa shape index (κ2) is 5.25. The molecule has 0 aromatic heterocycles. The molecule has 0 rings (SSSR count). The minimum atomic E-state index is -0.939. The molecule has 0 aliphatic heterocycles. The van der Waals surface area contributed by atoms with E-state index in [1.165, 1.54) is 11.9 Å². The Bertz CT molecular complexity index is 292. The monoisotopic (exact) mass is 212 g/mol. The van der Waals surface area contributed by atoms with Crippen LogP contribution in [0.2, 0.25) is 0 Å². The average Bonchev–Trinajstić information content (AvgIpc) is 2.13. The predicted octanol–water partition coefficient (Wildman–Crippen LogP) is 0.514. The Labute approximate surface area is 89.4 Å². The molecule has 0 aliphatic rings. The van der Waals surface area contributed by atoms with Crippen molar-refractivity contribution in [2.75, 3.05) is 13.6 Å². The Morgan fingerprint density at radius 2 is 2.07 bits per heavy atom. The SMILES string of the molecule is C#CC(C)(C)NC(=O)N(C)CCC(=O)O. The largest absolute Gasteiger partial charge is 0.481 e. The van der Waals surface area contributed by atoms with Crippen molar-refractivity contribution in [2.24, 2.45) is 0 Å². The van der Waals surface area contributed by atoms with Gasteiger partial charge in [0.2, 0.25) is 0 Å². The van der Waals surface area contributed by atoms with Gasteiger partial charge in [-0.15, -0.1) is 6.42 Å². The Kier molecular flexibility index (Phi) is 4.65. The zero-order chi connectivity index (χ0) is 12.1. The van der Waals surface area contributed by atoms with Gasteiger partial charge in [0.15, 0.2) is 0 Å². The minimum absolute atomic E-state index is 0.0829. The third kappa shape index (κ3) is 5.57. The Morgan fingerprint density at radius 1 is 1.53 bits per heavy atom. The zero-order valence-corrected chi connectivity index (χ0v) is 9.20. The smallest absolute Gasteiger partial charge is 0.318 e. The highest BCUT2D eigenvalue weighted by Gasteiger charge is 2.19. The van der Waals surface area contributed by atoms with Gasteiger partial charge in [0.25, 0.3) is 0 Å². The van der Waals surface area contributed by atoms with Crippen LogP contribution in [0.1, 0.15) is 20.3 Å². The van der Waals surface area contributed by atoms with Crippen molar-refractivity contribution in [1.29, 1.82) is 0 Å². The molecule has 84 valence electrons. The van der Waals surface area contributed by atoms with Gasteiger partial charge in [-0.1, -0.05) is 5.92 Å². The first kappa shape index (κ1) is 13.3. The molecule has 0 fully saturated rings. The Morgan fingerprint density at radius 3 is 2.47 bits per heavy atom. The summed E-state index contributed by atoms with van der Waals surface area (Å²) in [7, 11) is 1.52. The highest BCUT2D eigenvalue weighted by molar-refractivity contribution is 5.76. The van der Waals surface area contributed by atoms with Crippen LogP contribution in [0.25, 0.3) is 0 Å². The van der Waals surface area contributed by atoms with Crippen LogP contribution >= 0.6 is 0 Å². The van der Waals surface area contributed by atoms with Crippen molar-refractivity contribution in [3.05, 3.63) is 0 Å². The maximum Gasteiger partial charge on any atom is 0.318 e. The summed E-state index contributed by atoms with van der Waals surface area (Å²) in [5.74, 6) is 1.48. The number of nitrogens with zero attached hydrogens (tertiary/aromatic N) is 1. The topological polar surface area (TPSA) is 69.6 Å². The maximum absolute atomic E-state index is 11.5. The number of carboxylic acids is 1. The van der Waals surface area contributed by atoms with E-state index in [2.05, 4.69) is 11.2 Å². The van der Waals surface area contributed by atoms with Crippen LogP contribution in [-0.2, 0) is 4.79 Å². The standard InChI is InChI=1S/C10H16N2O3/c1-5-10(2,3)11-9(15)12(4)7-6-8(13)14/h1H,6-7H2,2-4H3,(H,11,15)(H,13,14). The number of rotatable bonds is 4. The van der Waals surface area contributed by atoms with E-state index in [1.807, 2.05) is 0 Å². The summed E-state index contributed by atoms with van der Waals surface area (Å²) in [6.45, 7) is 3.54. The van der Waals surface area contributed by atoms with Crippen LogP contribution in [-0.4, -0.2) is 41.1 Å². The Balaban J connectivity index is 4.12. The summed E-state index contributed by atoms with van der Waals surface area (Å²) in [5, 5.41) is 11.0. The molecule has 0 bridgehead atoms. The van der Waals surface area contributed by atoms with Crippen molar-refractivity contribution in [2.45, 2.75) is 25.8 Å². The van der Waals surface area contributed by atoms with Gasteiger partial charge in [-0.25, -0.2) is 4.79 Å². The first-order chi connectivity index (χ1) is 6.78. The summed E-state index contributed by atoms with van der Waals surface area (Å²) >= 11 is 0. The highest BCUT2D eigenvalue weighted by Crippen LogP contribution is 2.00. The molecule has 5 heteroatoms. The highest BCUT2D eigenvalue weighted by atomic mass is 16.4. The first-order valence-corrected chi connectivity index (χ1v) is 4.51. The van der Waals surface area contributed by atoms with Crippen molar-refractivity contribution in [1.82, 2.24) is 10.2 Å². The second-order valence-corrected chi connectivity index (χ2v) is 3.76. The Hall–Kier alpha value is -1.70. The molecule has 0 saturated carbocycles. The lowest BCUT2D eigenvalue weighted by Gasteiger charge is -2.24. The number of aliphatic carboxylic acids is 1. The van der Waals surface area contributed by atoms with Crippen LogP contribution in [0.4, 0.5) is 4.79 Å². The van der Waals surface area contributed by atoms with Crippen molar-refractivity contribution < 1.29 is 14.7 Å². The number of carbonyl (C=O) groups is 2. The molecule has 0 radical (unpaired) electrons. The van der Waals surface area contributed by atoms with Gasteiger partial charge in [-0.2, -0.15) is 0 Å². The summed E-state index contributed by atoms with van der Waals surface area (Å²) in [5.41, 5.74) is -0.728. The van der Waals surface area contributed by atoms with E-state index in [9.17, 15) is 9.59 Å². The fraction of sp³-hybridized carbons (Fsp3) is 0.600. The molecular formula is C10H16N2O3. The summed E-state index contributed by atoms with van der Waals surface area (Å²) in [6.07, 6.45) is 5.12. The van der Waals surface area contributed by atoms with E-state index >= 15 is 0 Å². The molecule has 0 spiro atoms. The molecule has 15 heavy (non-hydrogen) atoms. The fourth-order valence-electron chi connectivity index (χ4n) is 0.764. The molecule has 0 aliphatic carbocycles. The number of carboxylic acid groups (broad SMARTS) is 1. The molecule has 0 heterocycles. The second-order valence-electron chi connectivity index (χ2n) is 3.76. The van der Waals surface area contributed by atoms with Gasteiger partial charge < -0.3 is 15.3 Å². The third-order valence-electron chi connectivity index (χ3n) is 1.79. The molecule has 5 nitrogen and oxygen atoms in total. The molecule has 2 amide bonds. The summed E-state index contributed by atoms with van der Waals surface area (Å²) < 4.78 is 0. The lowest BCUT2D eigenvalue weighted by molar-refractivity contribution is -0.137. The van der Waals surface area contributed by atoms with Gasteiger partial charge in [0, 0.05) is 13.6 Å². The summed E-state index contributed by atoms with van der Waals surface area (Å²) in [6, 6.07) is -0.376. The number of hydrogen-bond acceptors (Lipinski definition) is 2. The van der Waals surface area contributed by atoms with Gasteiger partial charge in [-0.3, -0.25) is 4.79 Å². The van der Waals surface area contributed by atoms with Crippen LogP contribution < -0.4 is 5.32 Å². The first-order valence-electron chi connectivity index (χ1n) is 4.51. The van der Waals surface area contributed by atoms with Crippen molar-refractivity contribution in [3.63, 3.8) is 0 Å². The molecule has 0 aromatic carbocycles. The van der Waals surface area contributed by atoms with Crippen molar-refractivity contribution in [3.8, 4) is 12.3 Å². The zero-order valence-electron chi connectivity index (χ0n) is 9.20. The van der Waals surface area contributed by atoms with Crippen LogP contribution in [0.15, 0.2) is 0 Å². The lowest BCUT2D eigenvalue weighted by atomic mass is 10.1. The van der Waals surface area contributed by atoms with Crippen LogP contribution in [0.5, 0.6) is 0 Å². The molecule has 0 saturated heterocycles. The number of urea groups is 1. The summed E-state index contributed by atoms with van der Waals surface area (Å²) in [4.78, 5) is 23.0. The van der Waals surface area contributed by atoms with E-state index < -0.39 is 11.5 Å². The van der Waals surface area contributed by atoms with E-state index in [-0.39, 0.29) is 19.0 Å². The maximum atomic E-state index is 11.5. The predicted molar refractivity (Wildman–Crippen MR) is 56.3 cm³/mol. The number of terminal acetylenes is 1. The molecular weight excluding hydrogens is 196 g/mol. The minimum Gasteiger partial charge on any atom is -0.481 e. The van der Waals surface area contributed by atoms with Crippen molar-refractivity contribution >= 4 is 12.0 Å². The number of hydrogen-bond donors (Lipinski definition) is 2. The van der Waals surface area contributed by atoms with Gasteiger partial charge in [-0.05, 0) is 13.8 Å². The number of carbonyl (C=O) groups excluding carboxylic acids is 1. The third-order valence-corrected chi connectivity index (χ3v) is 1.79. The fourth-order valence-corrected chi connectivity index (χ4v) is 0.764. The van der Waals surface area contributed by atoms with E-state index in [1.54, 1.807) is 13.8 Å². The lowest BCUT2D eigenvalue weighted by Crippen LogP contribution is -2.48. The molecule has 0 unspecified atom stereocenters. The van der Waals surface area contributed by atoms with Gasteiger partial charge >= 0.3 is 12.0 Å². The molecule has 0 aromatic rings. The normalized spacial score (nSPS) is 10.3. The van der Waals surface area contributed by atoms with E-state index in [4.69, 9.17) is 11.5 Å². The van der Waals surface area contributed by atoms with Gasteiger partial charge in [0.05, 0.1) is 12.0 Å².